The van der Waals surface area contributed by atoms with E-state index >= 15 is 0 Å². The summed E-state index contributed by atoms with van der Waals surface area (Å²) in [5.41, 5.74) is 1.08. The van der Waals surface area contributed by atoms with E-state index < -0.39 is 10.0 Å². The number of thiazole rings is 1. The molecule has 10 heteroatoms. The maximum Gasteiger partial charge on any atom is 0.215 e. The predicted octanol–water partition coefficient (Wildman–Crippen LogP) is 1.76. The Morgan fingerprint density at radius 1 is 1.20 bits per heavy atom. The maximum absolute atomic E-state index is 12.1. The molecule has 0 aliphatic heterocycles. The fourth-order valence-electron chi connectivity index (χ4n) is 2.20. The molecule has 0 aromatic carbocycles. The number of aliphatic imine (C=N–C) groups is 1. The summed E-state index contributed by atoms with van der Waals surface area (Å²) >= 11 is 1.71. The van der Waals surface area contributed by atoms with Gasteiger partial charge in [0.25, 0.3) is 0 Å². The number of hydrogen-bond donors (Lipinski definition) is 2. The molecule has 0 radical (unpaired) electrons. The first-order chi connectivity index (χ1) is 11.3. The SMILES string of the molecule is CCN(CC)S(=O)(=O)CCNC(=NC)NCCc1nc(C)c(C)s1.I. The summed E-state index contributed by atoms with van der Waals surface area (Å²) in [6, 6.07) is 0. The van der Waals surface area contributed by atoms with Gasteiger partial charge in [0, 0.05) is 44.5 Å². The third-order valence-corrected chi connectivity index (χ3v) is 6.83. The smallest absolute Gasteiger partial charge is 0.215 e. The average molecular weight is 503 g/mol. The van der Waals surface area contributed by atoms with Crippen molar-refractivity contribution in [3.63, 3.8) is 0 Å². The van der Waals surface area contributed by atoms with Gasteiger partial charge in [0.05, 0.1) is 16.5 Å². The molecule has 146 valence electrons. The molecule has 0 spiro atoms. The molecule has 1 heterocycles. The fourth-order valence-corrected chi connectivity index (χ4v) is 4.54. The lowest BCUT2D eigenvalue weighted by Gasteiger charge is -2.19. The average Bonchev–Trinajstić information content (AvgIpc) is 2.84. The Hall–Kier alpha value is -0.460. The number of nitrogens with one attached hydrogen (secondary N) is 2. The molecule has 7 nitrogen and oxygen atoms in total. The molecule has 0 aliphatic rings. The molecule has 1 aromatic rings. The number of aromatic nitrogens is 1. The van der Waals surface area contributed by atoms with Crippen LogP contribution in [0.2, 0.25) is 0 Å². The van der Waals surface area contributed by atoms with E-state index in [1.165, 1.54) is 9.18 Å². The van der Waals surface area contributed by atoms with Crippen LogP contribution in [-0.2, 0) is 16.4 Å². The first kappa shape index (κ1) is 24.5. The van der Waals surface area contributed by atoms with Crippen LogP contribution in [0.5, 0.6) is 0 Å². The molecule has 2 N–H and O–H groups in total. The van der Waals surface area contributed by atoms with Gasteiger partial charge in [-0.25, -0.2) is 17.7 Å². The first-order valence-electron chi connectivity index (χ1n) is 8.19. The Kier molecular flexibility index (Phi) is 11.8. The van der Waals surface area contributed by atoms with E-state index in [1.54, 1.807) is 18.4 Å². The molecule has 1 aromatic heterocycles. The molecular formula is C15H30IN5O2S2. The predicted molar refractivity (Wildman–Crippen MR) is 117 cm³/mol. The van der Waals surface area contributed by atoms with E-state index in [2.05, 4.69) is 27.5 Å². The van der Waals surface area contributed by atoms with Crippen LogP contribution in [0.3, 0.4) is 0 Å². The van der Waals surface area contributed by atoms with Gasteiger partial charge in [-0.05, 0) is 13.8 Å². The van der Waals surface area contributed by atoms with Crippen molar-refractivity contribution < 1.29 is 8.42 Å². The number of halogens is 1. The second-order valence-electron chi connectivity index (χ2n) is 5.33. The highest BCUT2D eigenvalue weighted by molar-refractivity contribution is 14.0. The number of guanidine groups is 1. The van der Waals surface area contributed by atoms with Gasteiger partial charge >= 0.3 is 0 Å². The van der Waals surface area contributed by atoms with Crippen molar-refractivity contribution >= 4 is 51.3 Å². The third-order valence-electron chi connectivity index (χ3n) is 3.68. The lowest BCUT2D eigenvalue weighted by Crippen LogP contribution is -2.42. The van der Waals surface area contributed by atoms with Gasteiger partial charge in [-0.15, -0.1) is 35.3 Å². The van der Waals surface area contributed by atoms with E-state index in [4.69, 9.17) is 0 Å². The van der Waals surface area contributed by atoms with Crippen molar-refractivity contribution in [2.45, 2.75) is 34.1 Å². The zero-order valence-electron chi connectivity index (χ0n) is 15.6. The zero-order valence-corrected chi connectivity index (χ0v) is 19.6. The van der Waals surface area contributed by atoms with Crippen LogP contribution in [0.4, 0.5) is 0 Å². The summed E-state index contributed by atoms with van der Waals surface area (Å²) in [7, 11) is -1.54. The van der Waals surface area contributed by atoms with Crippen LogP contribution in [-0.4, -0.2) is 62.6 Å². The van der Waals surface area contributed by atoms with Gasteiger partial charge in [-0.1, -0.05) is 13.8 Å². The van der Waals surface area contributed by atoms with Gasteiger partial charge in [0.2, 0.25) is 10.0 Å². The third kappa shape index (κ3) is 8.18. The monoisotopic (exact) mass is 503 g/mol. The molecule has 0 aliphatic carbocycles. The summed E-state index contributed by atoms with van der Waals surface area (Å²) in [4.78, 5) is 9.86. The number of sulfonamides is 1. The topological polar surface area (TPSA) is 86.7 Å². The first-order valence-corrected chi connectivity index (χ1v) is 10.6. The lowest BCUT2D eigenvalue weighted by atomic mass is 10.4. The molecule has 0 atom stereocenters. The van der Waals surface area contributed by atoms with Crippen molar-refractivity contribution in [1.29, 1.82) is 0 Å². The van der Waals surface area contributed by atoms with Gasteiger partial charge in [0.15, 0.2) is 5.96 Å². The van der Waals surface area contributed by atoms with E-state index in [9.17, 15) is 8.42 Å². The Balaban J connectivity index is 0.00000576. The fraction of sp³-hybridized carbons (Fsp3) is 0.733. The van der Waals surface area contributed by atoms with E-state index in [0.29, 0.717) is 32.1 Å². The van der Waals surface area contributed by atoms with Crippen LogP contribution in [0.1, 0.15) is 29.4 Å². The quantitative estimate of drug-likeness (QED) is 0.305. The minimum Gasteiger partial charge on any atom is -0.356 e. The maximum atomic E-state index is 12.1. The Labute approximate surface area is 172 Å². The summed E-state index contributed by atoms with van der Waals surface area (Å²) in [5, 5.41) is 7.33. The standard InChI is InChI=1S/C15H29N5O2S2.HI/c1-6-20(7-2)24(21,22)11-10-18-15(16-5)17-9-8-14-19-12(3)13(4)23-14;/h6-11H2,1-5H3,(H2,16,17,18);1H. The number of rotatable bonds is 9. The lowest BCUT2D eigenvalue weighted by molar-refractivity contribution is 0.445. The molecule has 0 unspecified atom stereocenters. The highest BCUT2D eigenvalue weighted by Crippen LogP contribution is 2.16. The Morgan fingerprint density at radius 2 is 1.80 bits per heavy atom. The Morgan fingerprint density at radius 3 is 2.28 bits per heavy atom. The highest BCUT2D eigenvalue weighted by atomic mass is 127. The minimum absolute atomic E-state index is 0. The van der Waals surface area contributed by atoms with Crippen LogP contribution in [0.25, 0.3) is 0 Å². The van der Waals surface area contributed by atoms with Crippen molar-refractivity contribution in [2.24, 2.45) is 4.99 Å². The largest absolute Gasteiger partial charge is 0.356 e. The van der Waals surface area contributed by atoms with Crippen LogP contribution in [0, 0.1) is 13.8 Å². The van der Waals surface area contributed by atoms with Crippen molar-refractivity contribution in [1.82, 2.24) is 19.9 Å². The molecule has 25 heavy (non-hydrogen) atoms. The molecule has 0 amide bonds. The van der Waals surface area contributed by atoms with Gasteiger partial charge in [-0.2, -0.15) is 0 Å². The number of aryl methyl sites for hydroxylation is 2. The van der Waals surface area contributed by atoms with Gasteiger partial charge in [-0.3, -0.25) is 4.99 Å². The second-order valence-corrected chi connectivity index (χ2v) is 8.70. The summed E-state index contributed by atoms with van der Waals surface area (Å²) < 4.78 is 25.7. The van der Waals surface area contributed by atoms with Crippen LogP contribution < -0.4 is 10.6 Å². The van der Waals surface area contributed by atoms with Crippen LogP contribution in [0.15, 0.2) is 4.99 Å². The molecule has 0 bridgehead atoms. The minimum atomic E-state index is -3.21. The summed E-state index contributed by atoms with van der Waals surface area (Å²) in [6.45, 7) is 9.80. The second kappa shape index (κ2) is 12.0. The van der Waals surface area contributed by atoms with Crippen LogP contribution >= 0.6 is 35.3 Å². The summed E-state index contributed by atoms with van der Waals surface area (Å²) in [6.07, 6.45) is 0.817. The summed E-state index contributed by atoms with van der Waals surface area (Å²) in [5.74, 6) is 0.662. The van der Waals surface area contributed by atoms with Crippen molar-refractivity contribution in [3.05, 3.63) is 15.6 Å². The number of nitrogens with zero attached hydrogens (tertiary/aromatic N) is 3. The van der Waals surface area contributed by atoms with Gasteiger partial charge in [0.1, 0.15) is 0 Å². The molecule has 1 rings (SSSR count). The van der Waals surface area contributed by atoms with Gasteiger partial charge < -0.3 is 10.6 Å². The normalized spacial score (nSPS) is 12.2. The van der Waals surface area contributed by atoms with E-state index in [-0.39, 0.29) is 29.7 Å². The molecule has 0 fully saturated rings. The van der Waals surface area contributed by atoms with E-state index in [1.807, 2.05) is 20.8 Å². The highest BCUT2D eigenvalue weighted by Gasteiger charge is 2.18. The molecule has 0 saturated heterocycles. The van der Waals surface area contributed by atoms with E-state index in [0.717, 1.165) is 17.1 Å². The van der Waals surface area contributed by atoms with Crippen molar-refractivity contribution in [2.75, 3.05) is 39.0 Å². The number of hydrogen-bond acceptors (Lipinski definition) is 5. The molecule has 0 saturated carbocycles. The zero-order chi connectivity index (χ0) is 18.2. The van der Waals surface area contributed by atoms with Crippen molar-refractivity contribution in [3.8, 4) is 0 Å². The molecular weight excluding hydrogens is 473 g/mol. The Bertz CT molecular complexity index is 623.